The summed E-state index contributed by atoms with van der Waals surface area (Å²) in [7, 11) is 1.92. The minimum Gasteiger partial charge on any atom is -0.316 e. The number of likely N-dealkylation sites (N-methyl/N-ethyl adjacent to an activating group) is 1. The summed E-state index contributed by atoms with van der Waals surface area (Å²) in [6, 6.07) is 5.42. The van der Waals surface area contributed by atoms with Gasteiger partial charge in [0.05, 0.1) is 0 Å². The van der Waals surface area contributed by atoms with Crippen LogP contribution >= 0.6 is 15.9 Å². The molecule has 0 aliphatic carbocycles. The standard InChI is InChI=1S/C12H17BrFN/c1-4-12(15-3)8(2)10-7-9(13)5-6-11(10)14/h5-8,12,15H,4H2,1-3H3. The average Bonchev–Trinajstić information content (AvgIpc) is 2.23. The molecule has 0 fully saturated rings. The monoisotopic (exact) mass is 273 g/mol. The molecule has 2 unspecified atom stereocenters. The minimum atomic E-state index is -0.126. The predicted octanol–water partition coefficient (Wildman–Crippen LogP) is 3.69. The lowest BCUT2D eigenvalue weighted by Crippen LogP contribution is -2.30. The molecule has 0 radical (unpaired) electrons. The van der Waals surface area contributed by atoms with Gasteiger partial charge in [-0.2, -0.15) is 0 Å². The SMILES string of the molecule is CCC(NC)C(C)c1cc(Br)ccc1F. The third-order valence-corrected chi connectivity index (χ3v) is 3.36. The van der Waals surface area contributed by atoms with Crippen LogP contribution in [-0.4, -0.2) is 13.1 Å². The molecule has 1 nitrogen and oxygen atoms in total. The fraction of sp³-hybridized carbons (Fsp3) is 0.500. The first-order chi connectivity index (χ1) is 7.10. The van der Waals surface area contributed by atoms with Crippen LogP contribution in [-0.2, 0) is 0 Å². The molecule has 0 aliphatic heterocycles. The van der Waals surface area contributed by atoms with E-state index in [9.17, 15) is 4.39 Å². The number of hydrogen-bond donors (Lipinski definition) is 1. The smallest absolute Gasteiger partial charge is 0.126 e. The number of nitrogens with one attached hydrogen (secondary N) is 1. The molecule has 0 aliphatic rings. The van der Waals surface area contributed by atoms with Crippen molar-refractivity contribution in [2.45, 2.75) is 32.2 Å². The van der Waals surface area contributed by atoms with Gasteiger partial charge in [-0.25, -0.2) is 4.39 Å². The Morgan fingerprint density at radius 2 is 2.13 bits per heavy atom. The molecule has 0 aromatic heterocycles. The normalized spacial score (nSPS) is 15.0. The summed E-state index contributed by atoms with van der Waals surface area (Å²) in [5, 5.41) is 3.21. The van der Waals surface area contributed by atoms with E-state index in [-0.39, 0.29) is 11.7 Å². The number of benzene rings is 1. The largest absolute Gasteiger partial charge is 0.316 e. The average molecular weight is 274 g/mol. The van der Waals surface area contributed by atoms with Gasteiger partial charge in [0.15, 0.2) is 0 Å². The van der Waals surface area contributed by atoms with Crippen molar-refractivity contribution >= 4 is 15.9 Å². The summed E-state index contributed by atoms with van der Waals surface area (Å²) in [6.45, 7) is 4.16. The maximum Gasteiger partial charge on any atom is 0.126 e. The third kappa shape index (κ3) is 3.02. The fourth-order valence-corrected chi connectivity index (χ4v) is 2.27. The van der Waals surface area contributed by atoms with Gasteiger partial charge in [0.1, 0.15) is 5.82 Å². The van der Waals surface area contributed by atoms with Crippen molar-refractivity contribution in [2.75, 3.05) is 7.05 Å². The minimum absolute atomic E-state index is 0.126. The van der Waals surface area contributed by atoms with E-state index in [1.807, 2.05) is 13.1 Å². The van der Waals surface area contributed by atoms with E-state index < -0.39 is 0 Å². The van der Waals surface area contributed by atoms with Crippen LogP contribution in [0.25, 0.3) is 0 Å². The zero-order valence-corrected chi connectivity index (χ0v) is 10.9. The molecule has 84 valence electrons. The summed E-state index contributed by atoms with van der Waals surface area (Å²) in [5.41, 5.74) is 0.769. The van der Waals surface area contributed by atoms with Gasteiger partial charge in [-0.05, 0) is 43.1 Å². The molecule has 1 aromatic rings. The lowest BCUT2D eigenvalue weighted by molar-refractivity contribution is 0.456. The molecule has 0 amide bonds. The zero-order valence-electron chi connectivity index (χ0n) is 9.35. The summed E-state index contributed by atoms with van der Waals surface area (Å²) in [4.78, 5) is 0. The maximum atomic E-state index is 13.6. The van der Waals surface area contributed by atoms with E-state index in [0.717, 1.165) is 16.5 Å². The van der Waals surface area contributed by atoms with Gasteiger partial charge in [-0.3, -0.25) is 0 Å². The Morgan fingerprint density at radius 1 is 1.47 bits per heavy atom. The van der Waals surface area contributed by atoms with E-state index >= 15 is 0 Å². The number of hydrogen-bond acceptors (Lipinski definition) is 1. The molecular weight excluding hydrogens is 257 g/mol. The summed E-state index contributed by atoms with van der Waals surface area (Å²) in [5.74, 6) is 0.0527. The Hall–Kier alpha value is -0.410. The van der Waals surface area contributed by atoms with E-state index in [1.165, 1.54) is 6.07 Å². The highest BCUT2D eigenvalue weighted by Crippen LogP contribution is 2.26. The zero-order chi connectivity index (χ0) is 11.4. The van der Waals surface area contributed by atoms with Crippen LogP contribution < -0.4 is 5.32 Å². The van der Waals surface area contributed by atoms with Crippen LogP contribution in [0.5, 0.6) is 0 Å². The van der Waals surface area contributed by atoms with Crippen LogP contribution in [0.15, 0.2) is 22.7 Å². The lowest BCUT2D eigenvalue weighted by atomic mass is 9.91. The quantitative estimate of drug-likeness (QED) is 0.883. The first-order valence-electron chi connectivity index (χ1n) is 5.22. The first-order valence-corrected chi connectivity index (χ1v) is 6.01. The topological polar surface area (TPSA) is 12.0 Å². The van der Waals surface area contributed by atoms with E-state index in [1.54, 1.807) is 6.07 Å². The summed E-state index contributed by atoms with van der Waals surface area (Å²) >= 11 is 3.37. The second-order valence-corrected chi connectivity index (χ2v) is 4.67. The molecule has 15 heavy (non-hydrogen) atoms. The number of rotatable bonds is 4. The molecular formula is C12H17BrFN. The summed E-state index contributed by atoms with van der Waals surface area (Å²) < 4.78 is 14.5. The molecule has 0 saturated heterocycles. The Morgan fingerprint density at radius 3 is 2.67 bits per heavy atom. The predicted molar refractivity (Wildman–Crippen MR) is 65.7 cm³/mol. The molecule has 0 bridgehead atoms. The van der Waals surface area contributed by atoms with Gasteiger partial charge in [-0.15, -0.1) is 0 Å². The van der Waals surface area contributed by atoms with Crippen molar-refractivity contribution in [3.8, 4) is 0 Å². The fourth-order valence-electron chi connectivity index (χ4n) is 1.89. The van der Waals surface area contributed by atoms with Gasteiger partial charge >= 0.3 is 0 Å². The highest BCUT2D eigenvalue weighted by atomic mass is 79.9. The lowest BCUT2D eigenvalue weighted by Gasteiger charge is -2.23. The molecule has 0 spiro atoms. The van der Waals surface area contributed by atoms with Gasteiger partial charge in [0.2, 0.25) is 0 Å². The van der Waals surface area contributed by atoms with E-state index in [0.29, 0.717) is 6.04 Å². The van der Waals surface area contributed by atoms with Crippen LogP contribution in [0, 0.1) is 5.82 Å². The Bertz CT molecular complexity index is 323. The molecule has 1 aromatic carbocycles. The molecule has 0 heterocycles. The van der Waals surface area contributed by atoms with E-state index in [2.05, 4.69) is 35.1 Å². The Balaban J connectivity index is 2.98. The molecule has 1 N–H and O–H groups in total. The van der Waals surface area contributed by atoms with Crippen molar-refractivity contribution in [1.29, 1.82) is 0 Å². The molecule has 0 saturated carbocycles. The second-order valence-electron chi connectivity index (χ2n) is 3.76. The van der Waals surface area contributed by atoms with Crippen LogP contribution in [0.1, 0.15) is 31.7 Å². The van der Waals surface area contributed by atoms with Gasteiger partial charge in [-0.1, -0.05) is 29.8 Å². The van der Waals surface area contributed by atoms with E-state index in [4.69, 9.17) is 0 Å². The maximum absolute atomic E-state index is 13.6. The van der Waals surface area contributed by atoms with Crippen LogP contribution in [0.4, 0.5) is 4.39 Å². The highest BCUT2D eigenvalue weighted by Gasteiger charge is 2.18. The van der Waals surface area contributed by atoms with Crippen molar-refractivity contribution in [3.05, 3.63) is 34.1 Å². The molecule has 2 atom stereocenters. The van der Waals surface area contributed by atoms with Crippen molar-refractivity contribution in [3.63, 3.8) is 0 Å². The molecule has 3 heteroatoms. The van der Waals surface area contributed by atoms with Crippen molar-refractivity contribution < 1.29 is 4.39 Å². The van der Waals surface area contributed by atoms with Gasteiger partial charge in [0, 0.05) is 10.5 Å². The van der Waals surface area contributed by atoms with Crippen molar-refractivity contribution in [2.24, 2.45) is 0 Å². The van der Waals surface area contributed by atoms with Gasteiger partial charge < -0.3 is 5.32 Å². The summed E-state index contributed by atoms with van der Waals surface area (Å²) in [6.07, 6.45) is 0.990. The van der Waals surface area contributed by atoms with Gasteiger partial charge in [0.25, 0.3) is 0 Å². The van der Waals surface area contributed by atoms with Crippen LogP contribution in [0.2, 0.25) is 0 Å². The Labute approximate surface area is 99.2 Å². The van der Waals surface area contributed by atoms with Crippen LogP contribution in [0.3, 0.4) is 0 Å². The van der Waals surface area contributed by atoms with Crippen molar-refractivity contribution in [1.82, 2.24) is 5.32 Å². The second kappa shape index (κ2) is 5.61. The Kier molecular flexibility index (Phi) is 4.74. The first kappa shape index (κ1) is 12.7. The third-order valence-electron chi connectivity index (χ3n) is 2.86. The molecule has 1 rings (SSSR count). The highest BCUT2D eigenvalue weighted by molar-refractivity contribution is 9.10. The number of halogens is 2.